The van der Waals surface area contributed by atoms with Crippen LogP contribution in [0.25, 0.3) is 0 Å². The van der Waals surface area contributed by atoms with Crippen LogP contribution in [0, 0.1) is 11.7 Å². The Kier molecular flexibility index (Phi) is 6.08. The first-order valence-electron chi connectivity index (χ1n) is 9.44. The molecule has 0 N–H and O–H groups in total. The summed E-state index contributed by atoms with van der Waals surface area (Å²) < 4.78 is 18.3. The molecule has 1 aromatic rings. The minimum atomic E-state index is -0.823. The van der Waals surface area contributed by atoms with Crippen molar-refractivity contribution in [3.05, 3.63) is 35.6 Å². The largest absolute Gasteiger partial charge is 0.467 e. The molecule has 2 aliphatic rings. The number of esters is 1. The van der Waals surface area contributed by atoms with E-state index in [1.54, 1.807) is 4.90 Å². The van der Waals surface area contributed by atoms with Crippen molar-refractivity contribution in [3.8, 4) is 0 Å². The fourth-order valence-electron chi connectivity index (χ4n) is 3.96. The Balaban J connectivity index is 1.75. The average molecular weight is 376 g/mol. The van der Waals surface area contributed by atoms with Gasteiger partial charge in [-0.2, -0.15) is 0 Å². The van der Waals surface area contributed by atoms with Gasteiger partial charge in [0.05, 0.1) is 13.7 Å². The lowest BCUT2D eigenvalue weighted by atomic mass is 9.87. The SMILES string of the molecule is COC(=O)C1CN(C(=O)c2cccc(F)c2)CCN1C(=O)C1CCCCC1. The van der Waals surface area contributed by atoms with Crippen LogP contribution in [0.4, 0.5) is 4.39 Å². The molecule has 1 aliphatic heterocycles. The second-order valence-electron chi connectivity index (χ2n) is 7.17. The summed E-state index contributed by atoms with van der Waals surface area (Å²) in [7, 11) is 1.28. The van der Waals surface area contributed by atoms with Crippen molar-refractivity contribution in [2.24, 2.45) is 5.92 Å². The molecular formula is C20H25FN2O4. The van der Waals surface area contributed by atoms with E-state index in [1.165, 1.54) is 36.3 Å². The van der Waals surface area contributed by atoms with Crippen molar-refractivity contribution < 1.29 is 23.5 Å². The summed E-state index contributed by atoms with van der Waals surface area (Å²) in [5, 5.41) is 0. The summed E-state index contributed by atoms with van der Waals surface area (Å²) >= 11 is 0. The van der Waals surface area contributed by atoms with Gasteiger partial charge >= 0.3 is 5.97 Å². The van der Waals surface area contributed by atoms with Gasteiger partial charge in [-0.05, 0) is 31.0 Å². The van der Waals surface area contributed by atoms with E-state index in [-0.39, 0.29) is 36.4 Å². The summed E-state index contributed by atoms with van der Waals surface area (Å²) in [5.41, 5.74) is 0.227. The number of carbonyl (C=O) groups is 3. The molecule has 7 heteroatoms. The van der Waals surface area contributed by atoms with E-state index in [4.69, 9.17) is 4.74 Å². The maximum absolute atomic E-state index is 13.4. The van der Waals surface area contributed by atoms with Crippen LogP contribution < -0.4 is 0 Å². The van der Waals surface area contributed by atoms with E-state index in [1.807, 2.05) is 0 Å². The first-order chi connectivity index (χ1) is 13.0. The number of halogens is 1. The van der Waals surface area contributed by atoms with Gasteiger partial charge < -0.3 is 14.5 Å². The number of amides is 2. The molecule has 0 radical (unpaired) electrons. The third-order valence-electron chi connectivity index (χ3n) is 5.45. The molecule has 2 amide bonds. The molecule has 146 valence electrons. The highest BCUT2D eigenvalue weighted by atomic mass is 19.1. The van der Waals surface area contributed by atoms with E-state index < -0.39 is 17.8 Å². The Hall–Kier alpha value is -2.44. The molecule has 2 fully saturated rings. The number of methoxy groups -OCH3 is 1. The Bertz CT molecular complexity index is 718. The molecule has 0 bridgehead atoms. The molecule has 0 aromatic heterocycles. The normalized spacial score (nSPS) is 21.0. The van der Waals surface area contributed by atoms with Crippen LogP contribution in [0.5, 0.6) is 0 Å². The average Bonchev–Trinajstić information content (AvgIpc) is 2.72. The third kappa shape index (κ3) is 4.28. The summed E-state index contributed by atoms with van der Waals surface area (Å²) in [4.78, 5) is 41.0. The quantitative estimate of drug-likeness (QED) is 0.759. The number of rotatable bonds is 3. The molecule has 1 heterocycles. The molecule has 3 rings (SSSR count). The van der Waals surface area contributed by atoms with Gasteiger partial charge in [-0.25, -0.2) is 9.18 Å². The highest BCUT2D eigenvalue weighted by Gasteiger charge is 2.40. The monoisotopic (exact) mass is 376 g/mol. The highest BCUT2D eigenvalue weighted by Crippen LogP contribution is 2.27. The van der Waals surface area contributed by atoms with Gasteiger partial charge in [-0.1, -0.05) is 25.3 Å². The van der Waals surface area contributed by atoms with Crippen LogP contribution in [0.15, 0.2) is 24.3 Å². The molecule has 1 saturated heterocycles. The fraction of sp³-hybridized carbons (Fsp3) is 0.550. The lowest BCUT2D eigenvalue weighted by molar-refractivity contribution is -0.157. The Morgan fingerprint density at radius 2 is 1.85 bits per heavy atom. The van der Waals surface area contributed by atoms with Crippen LogP contribution in [-0.2, 0) is 14.3 Å². The Labute approximate surface area is 158 Å². The van der Waals surface area contributed by atoms with Gasteiger partial charge in [0.1, 0.15) is 11.9 Å². The molecule has 1 atom stereocenters. The van der Waals surface area contributed by atoms with Crippen molar-refractivity contribution in [1.82, 2.24) is 9.80 Å². The minimum Gasteiger partial charge on any atom is -0.467 e. The number of carbonyl (C=O) groups excluding carboxylic acids is 3. The first-order valence-corrected chi connectivity index (χ1v) is 9.44. The number of hydrogen-bond donors (Lipinski definition) is 0. The van der Waals surface area contributed by atoms with Crippen molar-refractivity contribution in [1.29, 1.82) is 0 Å². The van der Waals surface area contributed by atoms with Gasteiger partial charge in [0.2, 0.25) is 5.91 Å². The van der Waals surface area contributed by atoms with E-state index >= 15 is 0 Å². The number of ether oxygens (including phenoxy) is 1. The topological polar surface area (TPSA) is 66.9 Å². The predicted molar refractivity (Wildman–Crippen MR) is 96.4 cm³/mol. The van der Waals surface area contributed by atoms with Crippen LogP contribution in [0.2, 0.25) is 0 Å². The van der Waals surface area contributed by atoms with Crippen molar-refractivity contribution in [3.63, 3.8) is 0 Å². The zero-order chi connectivity index (χ0) is 19.4. The number of hydrogen-bond acceptors (Lipinski definition) is 4. The van der Waals surface area contributed by atoms with E-state index in [0.29, 0.717) is 6.54 Å². The van der Waals surface area contributed by atoms with Crippen LogP contribution in [-0.4, -0.2) is 60.4 Å². The summed E-state index contributed by atoms with van der Waals surface area (Å²) in [6.07, 6.45) is 4.87. The number of piperazine rings is 1. The second kappa shape index (κ2) is 8.50. The van der Waals surface area contributed by atoms with Crippen molar-refractivity contribution in [2.75, 3.05) is 26.7 Å². The summed E-state index contributed by atoms with van der Waals surface area (Å²) in [6.45, 7) is 0.637. The molecule has 6 nitrogen and oxygen atoms in total. The van der Waals surface area contributed by atoms with Gasteiger partial charge in [0.15, 0.2) is 0 Å². The van der Waals surface area contributed by atoms with Gasteiger partial charge in [0.25, 0.3) is 5.91 Å². The number of benzene rings is 1. The van der Waals surface area contributed by atoms with Gasteiger partial charge in [-0.3, -0.25) is 9.59 Å². The van der Waals surface area contributed by atoms with Gasteiger partial charge in [-0.15, -0.1) is 0 Å². The first kappa shape index (κ1) is 19.3. The molecule has 0 spiro atoms. The summed E-state index contributed by atoms with van der Waals surface area (Å²) in [5.74, 6) is -1.46. The maximum atomic E-state index is 13.4. The fourth-order valence-corrected chi connectivity index (χ4v) is 3.96. The Morgan fingerprint density at radius 3 is 2.52 bits per heavy atom. The molecule has 1 unspecified atom stereocenters. The van der Waals surface area contributed by atoms with E-state index in [9.17, 15) is 18.8 Å². The highest BCUT2D eigenvalue weighted by molar-refractivity contribution is 5.95. The zero-order valence-electron chi connectivity index (χ0n) is 15.5. The molecular weight excluding hydrogens is 351 g/mol. The number of nitrogens with zero attached hydrogens (tertiary/aromatic N) is 2. The zero-order valence-corrected chi connectivity index (χ0v) is 15.5. The molecule has 1 saturated carbocycles. The molecule has 27 heavy (non-hydrogen) atoms. The van der Waals surface area contributed by atoms with Crippen molar-refractivity contribution >= 4 is 17.8 Å². The van der Waals surface area contributed by atoms with E-state index in [0.717, 1.165) is 32.1 Å². The van der Waals surface area contributed by atoms with Crippen LogP contribution >= 0.6 is 0 Å². The van der Waals surface area contributed by atoms with Crippen molar-refractivity contribution in [2.45, 2.75) is 38.1 Å². The minimum absolute atomic E-state index is 0.0250. The standard InChI is InChI=1S/C20H25FN2O4/c1-27-20(26)17-13-22(18(24)15-8-5-9-16(21)12-15)10-11-23(17)19(25)14-6-3-2-4-7-14/h5,8-9,12,14,17H,2-4,6-7,10-11,13H2,1H3. The predicted octanol–water partition coefficient (Wildman–Crippen LogP) is 2.23. The van der Waals surface area contributed by atoms with Crippen LogP contribution in [0.1, 0.15) is 42.5 Å². The lowest BCUT2D eigenvalue weighted by Gasteiger charge is -2.41. The molecule has 1 aliphatic carbocycles. The molecule has 1 aromatic carbocycles. The maximum Gasteiger partial charge on any atom is 0.330 e. The van der Waals surface area contributed by atoms with Crippen LogP contribution in [0.3, 0.4) is 0 Å². The third-order valence-corrected chi connectivity index (χ3v) is 5.45. The Morgan fingerprint density at radius 1 is 1.11 bits per heavy atom. The lowest BCUT2D eigenvalue weighted by Crippen LogP contribution is -2.60. The summed E-state index contributed by atoms with van der Waals surface area (Å²) in [6, 6.07) is 4.64. The van der Waals surface area contributed by atoms with E-state index in [2.05, 4.69) is 0 Å². The second-order valence-corrected chi connectivity index (χ2v) is 7.17. The van der Waals surface area contributed by atoms with Gasteiger partial charge in [0, 0.05) is 24.6 Å². The smallest absolute Gasteiger partial charge is 0.330 e.